The van der Waals surface area contributed by atoms with Crippen LogP contribution < -0.4 is 0 Å². The van der Waals surface area contributed by atoms with Gasteiger partial charge in [-0.3, -0.25) is 5.10 Å². The summed E-state index contributed by atoms with van der Waals surface area (Å²) in [6.07, 6.45) is 1.47. The van der Waals surface area contributed by atoms with Crippen molar-refractivity contribution in [1.29, 1.82) is 0 Å². The van der Waals surface area contributed by atoms with Gasteiger partial charge in [-0.15, -0.1) is 11.6 Å². The molecular formula is C15H17ClN2O2. The number of aromatic nitrogens is 2. The number of alkyl halides is 1. The van der Waals surface area contributed by atoms with Gasteiger partial charge in [0.2, 0.25) is 0 Å². The molecule has 0 bridgehead atoms. The number of H-pyrrole nitrogens is 1. The third kappa shape index (κ3) is 3.84. The van der Waals surface area contributed by atoms with Gasteiger partial charge in [0.25, 0.3) is 0 Å². The molecule has 20 heavy (non-hydrogen) atoms. The molecule has 106 valence electrons. The molecule has 5 heteroatoms. The summed E-state index contributed by atoms with van der Waals surface area (Å²) in [5, 5.41) is 6.73. The Kier molecular flexibility index (Phi) is 5.18. The first-order chi connectivity index (χ1) is 9.70. The SMILES string of the molecule is CCOC(=O)c1cc(CCC(Cl)c2ccccc2)n[nH]1. The number of aryl methyl sites for hydroxylation is 1. The van der Waals surface area contributed by atoms with Gasteiger partial charge < -0.3 is 4.74 Å². The van der Waals surface area contributed by atoms with Crippen LogP contribution in [0.1, 0.15) is 40.5 Å². The van der Waals surface area contributed by atoms with Crippen molar-refractivity contribution in [2.24, 2.45) is 0 Å². The zero-order valence-electron chi connectivity index (χ0n) is 11.3. The summed E-state index contributed by atoms with van der Waals surface area (Å²) in [4.78, 5) is 11.5. The van der Waals surface area contributed by atoms with Crippen molar-refractivity contribution >= 4 is 17.6 Å². The number of benzene rings is 1. The smallest absolute Gasteiger partial charge is 0.356 e. The number of esters is 1. The molecule has 1 atom stereocenters. The van der Waals surface area contributed by atoms with Crippen molar-refractivity contribution in [3.63, 3.8) is 0 Å². The van der Waals surface area contributed by atoms with Crippen molar-refractivity contribution in [3.8, 4) is 0 Å². The van der Waals surface area contributed by atoms with Crippen molar-refractivity contribution < 1.29 is 9.53 Å². The van der Waals surface area contributed by atoms with Crippen LogP contribution in [0.15, 0.2) is 36.4 Å². The Bertz CT molecular complexity index is 554. The minimum absolute atomic E-state index is 0.0565. The quantitative estimate of drug-likeness (QED) is 0.655. The van der Waals surface area contributed by atoms with Gasteiger partial charge in [-0.2, -0.15) is 5.10 Å². The second-order valence-electron chi connectivity index (χ2n) is 4.41. The monoisotopic (exact) mass is 292 g/mol. The molecule has 1 aromatic heterocycles. The highest BCUT2D eigenvalue weighted by Gasteiger charge is 2.12. The van der Waals surface area contributed by atoms with E-state index >= 15 is 0 Å². The zero-order valence-corrected chi connectivity index (χ0v) is 12.1. The molecule has 2 aromatic rings. The molecule has 0 saturated heterocycles. The molecule has 0 aliphatic heterocycles. The molecule has 0 aliphatic rings. The molecule has 0 radical (unpaired) electrons. The van der Waals surface area contributed by atoms with Gasteiger partial charge in [0.15, 0.2) is 0 Å². The molecule has 0 amide bonds. The minimum Gasteiger partial charge on any atom is -0.461 e. The highest BCUT2D eigenvalue weighted by molar-refractivity contribution is 6.20. The molecular weight excluding hydrogens is 276 g/mol. The highest BCUT2D eigenvalue weighted by Crippen LogP contribution is 2.25. The van der Waals surface area contributed by atoms with E-state index in [4.69, 9.17) is 16.3 Å². The molecule has 1 N–H and O–H groups in total. The van der Waals surface area contributed by atoms with Crippen LogP contribution >= 0.6 is 11.6 Å². The first-order valence-electron chi connectivity index (χ1n) is 6.61. The van der Waals surface area contributed by atoms with Crippen LogP contribution in [0.25, 0.3) is 0 Å². The summed E-state index contributed by atoms with van der Waals surface area (Å²) < 4.78 is 4.90. The third-order valence-corrected chi connectivity index (χ3v) is 3.41. The van der Waals surface area contributed by atoms with Gasteiger partial charge in [-0.1, -0.05) is 30.3 Å². The summed E-state index contributed by atoms with van der Waals surface area (Å²) in [5.41, 5.74) is 2.29. The van der Waals surface area contributed by atoms with E-state index in [2.05, 4.69) is 10.2 Å². The Balaban J connectivity index is 1.90. The third-order valence-electron chi connectivity index (χ3n) is 2.94. The van der Waals surface area contributed by atoms with E-state index in [0.29, 0.717) is 18.7 Å². The molecule has 1 heterocycles. The number of halogens is 1. The van der Waals surface area contributed by atoms with Crippen LogP contribution in [0.2, 0.25) is 0 Å². The molecule has 0 spiro atoms. The number of nitrogens with one attached hydrogen (secondary N) is 1. The Labute approximate surface area is 123 Å². The molecule has 2 rings (SSSR count). The fourth-order valence-electron chi connectivity index (χ4n) is 1.91. The van der Waals surface area contributed by atoms with E-state index in [0.717, 1.165) is 17.7 Å². The second-order valence-corrected chi connectivity index (χ2v) is 4.94. The van der Waals surface area contributed by atoms with Crippen LogP contribution in [0.4, 0.5) is 0 Å². The maximum absolute atomic E-state index is 11.5. The molecule has 1 unspecified atom stereocenters. The molecule has 0 saturated carbocycles. The van der Waals surface area contributed by atoms with Crippen molar-refractivity contribution in [2.45, 2.75) is 25.1 Å². The fraction of sp³-hybridized carbons (Fsp3) is 0.333. The maximum atomic E-state index is 11.5. The maximum Gasteiger partial charge on any atom is 0.356 e. The Morgan fingerprint density at radius 1 is 1.40 bits per heavy atom. The van der Waals surface area contributed by atoms with Gasteiger partial charge in [-0.25, -0.2) is 4.79 Å². The van der Waals surface area contributed by atoms with Crippen LogP contribution in [-0.2, 0) is 11.2 Å². The average Bonchev–Trinajstić information content (AvgIpc) is 2.95. The lowest BCUT2D eigenvalue weighted by molar-refractivity contribution is 0.0519. The lowest BCUT2D eigenvalue weighted by atomic mass is 10.1. The summed E-state index contributed by atoms with van der Waals surface area (Å²) in [5.74, 6) is -0.378. The van der Waals surface area contributed by atoms with E-state index in [9.17, 15) is 4.79 Å². The zero-order chi connectivity index (χ0) is 14.4. The number of carbonyl (C=O) groups excluding carboxylic acids is 1. The Morgan fingerprint density at radius 3 is 2.85 bits per heavy atom. The Hall–Kier alpha value is -1.81. The predicted octanol–water partition coefficient (Wildman–Crippen LogP) is 3.50. The van der Waals surface area contributed by atoms with E-state index in [1.54, 1.807) is 13.0 Å². The van der Waals surface area contributed by atoms with Gasteiger partial charge in [0.1, 0.15) is 5.69 Å². The van der Waals surface area contributed by atoms with E-state index in [-0.39, 0.29) is 11.3 Å². The second kappa shape index (κ2) is 7.10. The molecule has 0 fully saturated rings. The van der Waals surface area contributed by atoms with E-state index in [1.165, 1.54) is 0 Å². The van der Waals surface area contributed by atoms with Gasteiger partial charge in [-0.05, 0) is 31.4 Å². The molecule has 4 nitrogen and oxygen atoms in total. The lowest BCUT2D eigenvalue weighted by Crippen LogP contribution is -2.04. The van der Waals surface area contributed by atoms with E-state index < -0.39 is 0 Å². The fourth-order valence-corrected chi connectivity index (χ4v) is 2.16. The van der Waals surface area contributed by atoms with Crippen LogP contribution in [0, 0.1) is 0 Å². The highest BCUT2D eigenvalue weighted by atomic mass is 35.5. The number of hydrogen-bond acceptors (Lipinski definition) is 3. The number of carbonyl (C=O) groups is 1. The van der Waals surface area contributed by atoms with Gasteiger partial charge in [0.05, 0.1) is 17.7 Å². The number of aromatic amines is 1. The minimum atomic E-state index is -0.378. The first kappa shape index (κ1) is 14.6. The Morgan fingerprint density at radius 2 is 2.15 bits per heavy atom. The topological polar surface area (TPSA) is 55.0 Å². The van der Waals surface area contributed by atoms with Gasteiger partial charge >= 0.3 is 5.97 Å². The van der Waals surface area contributed by atoms with Crippen molar-refractivity contribution in [1.82, 2.24) is 10.2 Å². The summed E-state index contributed by atoms with van der Waals surface area (Å²) in [6.45, 7) is 2.12. The number of hydrogen-bond donors (Lipinski definition) is 1. The normalized spacial score (nSPS) is 12.1. The summed E-state index contributed by atoms with van der Waals surface area (Å²) in [6, 6.07) is 11.6. The lowest BCUT2D eigenvalue weighted by Gasteiger charge is -2.07. The summed E-state index contributed by atoms with van der Waals surface area (Å²) >= 11 is 6.35. The standard InChI is InChI=1S/C15H17ClN2O2/c1-2-20-15(19)14-10-12(17-18-14)8-9-13(16)11-6-4-3-5-7-11/h3-7,10,13H,2,8-9H2,1H3,(H,17,18). The van der Waals surface area contributed by atoms with Crippen LogP contribution in [0.5, 0.6) is 0 Å². The van der Waals surface area contributed by atoms with Crippen molar-refractivity contribution in [2.75, 3.05) is 6.61 Å². The van der Waals surface area contributed by atoms with Gasteiger partial charge in [0, 0.05) is 0 Å². The molecule has 1 aromatic carbocycles. The summed E-state index contributed by atoms with van der Waals surface area (Å²) in [7, 11) is 0. The predicted molar refractivity (Wildman–Crippen MR) is 77.9 cm³/mol. The first-order valence-corrected chi connectivity index (χ1v) is 7.04. The number of rotatable bonds is 6. The van der Waals surface area contributed by atoms with E-state index in [1.807, 2.05) is 30.3 Å². The number of nitrogens with zero attached hydrogens (tertiary/aromatic N) is 1. The average molecular weight is 293 g/mol. The van der Waals surface area contributed by atoms with Crippen molar-refractivity contribution in [3.05, 3.63) is 53.3 Å². The number of ether oxygens (including phenoxy) is 1. The van der Waals surface area contributed by atoms with Crippen LogP contribution in [-0.4, -0.2) is 22.8 Å². The van der Waals surface area contributed by atoms with Crippen LogP contribution in [0.3, 0.4) is 0 Å². The molecule has 0 aliphatic carbocycles. The largest absolute Gasteiger partial charge is 0.461 e.